The van der Waals surface area contributed by atoms with Crippen molar-refractivity contribution in [3.8, 4) is 0 Å². The molecule has 28 heavy (non-hydrogen) atoms. The largest absolute Gasteiger partial charge is 0.462 e. The van der Waals surface area contributed by atoms with Crippen LogP contribution in [0, 0.1) is 35.0 Å². The fourth-order valence-corrected chi connectivity index (χ4v) is 6.64. The molecular weight excluding hydrogens is 352 g/mol. The molecule has 0 N–H and O–H groups in total. The molecule has 2 bridgehead atoms. The molecule has 0 aromatic carbocycles. The zero-order chi connectivity index (χ0) is 20.1. The van der Waals surface area contributed by atoms with Crippen LogP contribution >= 0.6 is 0 Å². The van der Waals surface area contributed by atoms with E-state index in [1.54, 1.807) is 0 Å². The summed E-state index contributed by atoms with van der Waals surface area (Å²) in [4.78, 5) is 25.6. The Morgan fingerprint density at radius 2 is 1.75 bits per heavy atom. The summed E-state index contributed by atoms with van der Waals surface area (Å²) < 4.78 is 12.1. The number of ether oxygens (including phenoxy) is 2. The third kappa shape index (κ3) is 3.50. The summed E-state index contributed by atoms with van der Waals surface area (Å²) in [6.07, 6.45) is 10.6. The molecule has 0 spiro atoms. The molecule has 0 aromatic rings. The van der Waals surface area contributed by atoms with Crippen LogP contribution in [-0.4, -0.2) is 23.6 Å². The van der Waals surface area contributed by atoms with E-state index in [9.17, 15) is 9.59 Å². The first-order chi connectivity index (χ1) is 13.2. The average molecular weight is 391 g/mol. The summed E-state index contributed by atoms with van der Waals surface area (Å²) in [5.41, 5.74) is -0.645. The van der Waals surface area contributed by atoms with Crippen molar-refractivity contribution in [3.05, 3.63) is 0 Å². The number of hydrogen-bond donors (Lipinski definition) is 0. The predicted molar refractivity (Wildman–Crippen MR) is 107 cm³/mol. The molecule has 4 aliphatic carbocycles. The molecule has 6 unspecified atom stereocenters. The van der Waals surface area contributed by atoms with Gasteiger partial charge in [0.1, 0.15) is 11.7 Å². The van der Waals surface area contributed by atoms with Crippen LogP contribution in [0.2, 0.25) is 0 Å². The normalized spacial score (nSPS) is 38.9. The first-order valence-electron chi connectivity index (χ1n) is 11.7. The summed E-state index contributed by atoms with van der Waals surface area (Å²) in [5, 5.41) is 0. The maximum absolute atomic E-state index is 13.1. The number of rotatable bonds is 5. The van der Waals surface area contributed by atoms with Gasteiger partial charge in [-0.15, -0.1) is 0 Å². The standard InChI is InChI=1S/C24H38O4/c1-5-23(2,3)22(26)27-19-14-15-13-18(19)16-9-10-17(20(15)16)21(25)28-24(4)11-7-6-8-12-24/h15-20H,5-14H2,1-4H3. The quantitative estimate of drug-likeness (QED) is 0.599. The Morgan fingerprint density at radius 3 is 2.43 bits per heavy atom. The second-order valence-electron chi connectivity index (χ2n) is 10.9. The summed E-state index contributed by atoms with van der Waals surface area (Å²) in [5.74, 6) is 2.05. The molecule has 0 aromatic heterocycles. The van der Waals surface area contributed by atoms with E-state index >= 15 is 0 Å². The molecule has 4 saturated carbocycles. The van der Waals surface area contributed by atoms with E-state index in [0.717, 1.165) is 44.9 Å². The number of hydrogen-bond acceptors (Lipinski definition) is 4. The molecule has 158 valence electrons. The minimum atomic E-state index is -0.404. The fraction of sp³-hybridized carbons (Fsp3) is 0.917. The molecule has 4 nitrogen and oxygen atoms in total. The van der Waals surface area contributed by atoms with Crippen LogP contribution in [-0.2, 0) is 19.1 Å². The van der Waals surface area contributed by atoms with Gasteiger partial charge in [-0.05, 0) is 102 Å². The number of fused-ring (bicyclic) bond motifs is 5. The van der Waals surface area contributed by atoms with Gasteiger partial charge >= 0.3 is 11.9 Å². The molecule has 0 amide bonds. The van der Waals surface area contributed by atoms with Crippen molar-refractivity contribution >= 4 is 11.9 Å². The Kier molecular flexibility index (Phi) is 5.29. The van der Waals surface area contributed by atoms with E-state index in [2.05, 4.69) is 6.92 Å². The van der Waals surface area contributed by atoms with Crippen LogP contribution in [0.25, 0.3) is 0 Å². The van der Waals surface area contributed by atoms with Crippen molar-refractivity contribution in [3.63, 3.8) is 0 Å². The van der Waals surface area contributed by atoms with E-state index in [1.165, 1.54) is 19.3 Å². The van der Waals surface area contributed by atoms with Gasteiger partial charge in [-0.2, -0.15) is 0 Å². The molecule has 4 heteroatoms. The molecule has 4 fully saturated rings. The first kappa shape index (κ1) is 20.2. The third-order valence-corrected chi connectivity index (χ3v) is 8.71. The second kappa shape index (κ2) is 7.32. The molecule has 0 saturated heterocycles. The third-order valence-electron chi connectivity index (χ3n) is 8.71. The highest BCUT2D eigenvalue weighted by Gasteiger charge is 2.60. The maximum atomic E-state index is 13.1. The van der Waals surface area contributed by atoms with Crippen LogP contribution in [0.1, 0.15) is 91.9 Å². The highest BCUT2D eigenvalue weighted by atomic mass is 16.6. The monoisotopic (exact) mass is 390 g/mol. The van der Waals surface area contributed by atoms with Gasteiger partial charge in [-0.1, -0.05) is 13.3 Å². The van der Waals surface area contributed by atoms with Crippen molar-refractivity contribution < 1.29 is 19.1 Å². The van der Waals surface area contributed by atoms with Gasteiger partial charge in [-0.25, -0.2) is 0 Å². The molecule has 0 heterocycles. The Balaban J connectivity index is 1.38. The van der Waals surface area contributed by atoms with Crippen molar-refractivity contribution in [2.24, 2.45) is 35.0 Å². The number of carbonyl (C=O) groups is 2. The van der Waals surface area contributed by atoms with Crippen molar-refractivity contribution in [1.82, 2.24) is 0 Å². The van der Waals surface area contributed by atoms with Gasteiger partial charge < -0.3 is 9.47 Å². The second-order valence-corrected chi connectivity index (χ2v) is 10.9. The van der Waals surface area contributed by atoms with Gasteiger partial charge in [0.2, 0.25) is 0 Å². The smallest absolute Gasteiger partial charge is 0.311 e. The van der Waals surface area contributed by atoms with Gasteiger partial charge in [0, 0.05) is 0 Å². The van der Waals surface area contributed by atoms with E-state index in [1.807, 2.05) is 20.8 Å². The van der Waals surface area contributed by atoms with Gasteiger partial charge in [0.05, 0.1) is 11.3 Å². The summed E-state index contributed by atoms with van der Waals surface area (Å²) >= 11 is 0. The lowest BCUT2D eigenvalue weighted by atomic mass is 9.76. The van der Waals surface area contributed by atoms with Crippen molar-refractivity contribution in [2.75, 3.05) is 0 Å². The molecule has 6 atom stereocenters. The Bertz CT molecular complexity index is 618. The Labute approximate surface area is 170 Å². The molecule has 4 aliphatic rings. The Hall–Kier alpha value is -1.06. The van der Waals surface area contributed by atoms with Crippen LogP contribution in [0.4, 0.5) is 0 Å². The lowest BCUT2D eigenvalue weighted by Crippen LogP contribution is -2.40. The van der Waals surface area contributed by atoms with Crippen molar-refractivity contribution in [2.45, 2.75) is 104 Å². The van der Waals surface area contributed by atoms with E-state index < -0.39 is 5.41 Å². The first-order valence-corrected chi connectivity index (χ1v) is 11.7. The van der Waals surface area contributed by atoms with E-state index in [-0.39, 0.29) is 29.6 Å². The highest BCUT2D eigenvalue weighted by Crippen LogP contribution is 2.62. The molecular formula is C24H38O4. The summed E-state index contributed by atoms with van der Waals surface area (Å²) in [7, 11) is 0. The number of carbonyl (C=O) groups excluding carboxylic acids is 2. The van der Waals surface area contributed by atoms with Crippen LogP contribution in [0.15, 0.2) is 0 Å². The zero-order valence-corrected chi connectivity index (χ0v) is 18.2. The maximum Gasteiger partial charge on any atom is 0.311 e. The SMILES string of the molecule is CCC(C)(C)C(=O)OC1CC2CC1C1CCC(C(=O)OC3(C)CCCCC3)C21. The lowest BCUT2D eigenvalue weighted by Gasteiger charge is -2.37. The number of esters is 2. The summed E-state index contributed by atoms with van der Waals surface area (Å²) in [6, 6.07) is 0. The van der Waals surface area contributed by atoms with Crippen molar-refractivity contribution in [1.29, 1.82) is 0 Å². The molecule has 4 rings (SSSR count). The Morgan fingerprint density at radius 1 is 1.04 bits per heavy atom. The van der Waals surface area contributed by atoms with Gasteiger partial charge in [0.15, 0.2) is 0 Å². The predicted octanol–water partition coefficient (Wildman–Crippen LogP) is 5.28. The molecule has 0 radical (unpaired) electrons. The lowest BCUT2D eigenvalue weighted by molar-refractivity contribution is -0.171. The zero-order valence-electron chi connectivity index (χ0n) is 18.2. The van der Waals surface area contributed by atoms with Crippen LogP contribution in [0.3, 0.4) is 0 Å². The fourth-order valence-electron chi connectivity index (χ4n) is 6.64. The van der Waals surface area contributed by atoms with Gasteiger partial charge in [0.25, 0.3) is 0 Å². The summed E-state index contributed by atoms with van der Waals surface area (Å²) in [6.45, 7) is 8.11. The minimum Gasteiger partial charge on any atom is -0.462 e. The molecule has 0 aliphatic heterocycles. The average Bonchev–Trinajstić information content (AvgIpc) is 3.33. The van der Waals surface area contributed by atoms with Gasteiger partial charge in [-0.3, -0.25) is 9.59 Å². The van der Waals surface area contributed by atoms with Crippen LogP contribution < -0.4 is 0 Å². The highest BCUT2D eigenvalue weighted by molar-refractivity contribution is 5.76. The van der Waals surface area contributed by atoms with Crippen LogP contribution in [0.5, 0.6) is 0 Å². The van der Waals surface area contributed by atoms with E-state index in [0.29, 0.717) is 23.7 Å². The minimum absolute atomic E-state index is 0.0525. The topological polar surface area (TPSA) is 52.6 Å². The van der Waals surface area contributed by atoms with E-state index in [4.69, 9.17) is 9.47 Å².